The Morgan fingerprint density at radius 2 is 1.69 bits per heavy atom. The van der Waals surface area contributed by atoms with E-state index in [2.05, 4.69) is 18.2 Å². The molecule has 136 valence electrons. The molecule has 0 N–H and O–H groups in total. The Hall–Kier alpha value is -2.55. The number of ketones is 1. The van der Waals surface area contributed by atoms with Crippen LogP contribution in [0, 0.1) is 21.3 Å². The van der Waals surface area contributed by atoms with Crippen LogP contribution in [0.15, 0.2) is 42.5 Å². The van der Waals surface area contributed by atoms with Crippen LogP contribution < -0.4 is 15.5 Å². The summed E-state index contributed by atoms with van der Waals surface area (Å²) < 4.78 is 5.47. The van der Waals surface area contributed by atoms with Gasteiger partial charge in [0.25, 0.3) is 0 Å². The average Bonchev–Trinajstić information content (AvgIpc) is 2.96. The van der Waals surface area contributed by atoms with Crippen molar-refractivity contribution in [3.63, 3.8) is 0 Å². The molecule has 0 saturated carbocycles. The molecule has 0 saturated heterocycles. The summed E-state index contributed by atoms with van der Waals surface area (Å²) in [6.07, 6.45) is 2.08. The summed E-state index contributed by atoms with van der Waals surface area (Å²) in [5, 5.41) is 16.5. The van der Waals surface area contributed by atoms with Crippen molar-refractivity contribution in [2.45, 2.75) is 34.6 Å². The lowest BCUT2D eigenvalue weighted by Crippen LogP contribution is -2.39. The highest BCUT2D eigenvalue weighted by Gasteiger charge is 2.34. The van der Waals surface area contributed by atoms with Crippen LogP contribution in [0.1, 0.15) is 40.2 Å². The predicted molar refractivity (Wildman–Crippen MR) is 101 cm³/mol. The third kappa shape index (κ3) is 3.39. The van der Waals surface area contributed by atoms with E-state index in [9.17, 15) is 9.90 Å². The number of fused-ring (bicyclic) bond motifs is 2. The van der Waals surface area contributed by atoms with Crippen molar-refractivity contribution in [1.82, 2.24) is 0 Å². The zero-order valence-electron chi connectivity index (χ0n) is 16.1. The molecule has 3 rings (SSSR count). The van der Waals surface area contributed by atoms with Gasteiger partial charge in [-0.3, -0.25) is 4.79 Å². The van der Waals surface area contributed by atoms with E-state index in [1.165, 1.54) is 5.22 Å². The number of benzene rings is 2. The first-order valence-corrected chi connectivity index (χ1v) is 8.90. The Kier molecular flexibility index (Phi) is 4.43. The van der Waals surface area contributed by atoms with E-state index in [0.29, 0.717) is 5.22 Å². The minimum absolute atomic E-state index is 0.0724. The first kappa shape index (κ1) is 18.2. The van der Waals surface area contributed by atoms with Crippen molar-refractivity contribution in [2.24, 2.45) is 10.8 Å². The minimum Gasteiger partial charge on any atom is -0.612 e. The topological polar surface area (TPSA) is 49.4 Å². The van der Waals surface area contributed by atoms with Gasteiger partial charge in [-0.05, 0) is 38.6 Å². The number of hydrogen-bond acceptors (Lipinski definition) is 3. The van der Waals surface area contributed by atoms with Crippen molar-refractivity contribution in [1.29, 1.82) is 0 Å². The van der Waals surface area contributed by atoms with Crippen LogP contribution in [-0.2, 0) is 9.53 Å². The molecule has 0 fully saturated rings. The van der Waals surface area contributed by atoms with Gasteiger partial charge >= 0.3 is 0 Å². The molecule has 1 aliphatic carbocycles. The lowest BCUT2D eigenvalue weighted by Gasteiger charge is -2.33. The minimum atomic E-state index is -0.715. The number of carbonyl (C=O) groups is 1. The summed E-state index contributed by atoms with van der Waals surface area (Å²) in [5.74, 6) is -0.317. The fraction of sp³-hybridized carbons (Fsp3) is 0.348. The van der Waals surface area contributed by atoms with Gasteiger partial charge in [0.2, 0.25) is 0 Å². The molecule has 0 amide bonds. The van der Waals surface area contributed by atoms with Gasteiger partial charge in [-0.25, -0.2) is 0 Å². The van der Waals surface area contributed by atoms with Crippen molar-refractivity contribution in [2.75, 3.05) is 6.61 Å². The fourth-order valence-electron chi connectivity index (χ4n) is 3.50. The molecule has 0 unspecified atom stereocenters. The van der Waals surface area contributed by atoms with Crippen LogP contribution in [0.25, 0.3) is 12.0 Å². The fourth-order valence-corrected chi connectivity index (χ4v) is 3.50. The summed E-state index contributed by atoms with van der Waals surface area (Å²) in [4.78, 5) is 12.5. The van der Waals surface area contributed by atoms with E-state index in [-0.39, 0.29) is 12.4 Å². The maximum atomic E-state index is 12.5. The average molecular weight is 349 g/mol. The normalized spacial score (nSPS) is 14.2. The SMILES string of the molecule is CC(C)(C)C(=O)C(C)(C)COC([O-])=c1ccc2c(c1)C=c1ccccc1=2. The highest BCUT2D eigenvalue weighted by atomic mass is 16.6. The Morgan fingerprint density at radius 1 is 1.00 bits per heavy atom. The molecule has 26 heavy (non-hydrogen) atoms. The zero-order valence-corrected chi connectivity index (χ0v) is 16.1. The molecule has 0 aromatic heterocycles. The van der Waals surface area contributed by atoms with E-state index in [1.807, 2.05) is 58.9 Å². The lowest BCUT2D eigenvalue weighted by molar-refractivity contribution is -0.293. The molecule has 3 heteroatoms. The van der Waals surface area contributed by atoms with Crippen molar-refractivity contribution < 1.29 is 14.6 Å². The molecule has 0 aliphatic heterocycles. The molecular weight excluding hydrogens is 324 g/mol. The highest BCUT2D eigenvalue weighted by Crippen LogP contribution is 2.29. The molecule has 0 bridgehead atoms. The van der Waals surface area contributed by atoms with Crippen LogP contribution in [0.2, 0.25) is 0 Å². The maximum Gasteiger partial charge on any atom is 0.144 e. The Balaban J connectivity index is 1.90. The van der Waals surface area contributed by atoms with Gasteiger partial charge in [0.15, 0.2) is 0 Å². The first-order valence-electron chi connectivity index (χ1n) is 8.90. The van der Waals surface area contributed by atoms with Crippen molar-refractivity contribution >= 4 is 17.8 Å². The van der Waals surface area contributed by atoms with Crippen molar-refractivity contribution in [3.05, 3.63) is 68.9 Å². The van der Waals surface area contributed by atoms with E-state index in [0.717, 1.165) is 16.0 Å². The van der Waals surface area contributed by atoms with E-state index < -0.39 is 16.8 Å². The second kappa shape index (κ2) is 6.31. The van der Waals surface area contributed by atoms with E-state index in [1.54, 1.807) is 6.07 Å². The number of Topliss-reactive ketones (excluding diaryl/α,β-unsaturated/α-hetero) is 1. The van der Waals surface area contributed by atoms with E-state index >= 15 is 0 Å². The highest BCUT2D eigenvalue weighted by molar-refractivity contribution is 5.88. The summed E-state index contributed by atoms with van der Waals surface area (Å²) in [6.45, 7) is 9.36. The maximum absolute atomic E-state index is 12.5. The van der Waals surface area contributed by atoms with Gasteiger partial charge in [-0.2, -0.15) is 0 Å². The molecule has 2 aromatic carbocycles. The molecule has 3 nitrogen and oxygen atoms in total. The molecule has 0 atom stereocenters. The Morgan fingerprint density at radius 3 is 2.38 bits per heavy atom. The molecule has 0 spiro atoms. The number of carbonyl (C=O) groups excluding carboxylic acids is 1. The molecule has 2 aromatic rings. The monoisotopic (exact) mass is 349 g/mol. The summed E-state index contributed by atoms with van der Waals surface area (Å²) in [7, 11) is 0. The van der Waals surface area contributed by atoms with Gasteiger partial charge in [0, 0.05) is 17.4 Å². The van der Waals surface area contributed by atoms with Crippen LogP contribution in [0.5, 0.6) is 0 Å². The largest absolute Gasteiger partial charge is 0.612 e. The van der Waals surface area contributed by atoms with Gasteiger partial charge < -0.3 is 9.84 Å². The third-order valence-corrected chi connectivity index (χ3v) is 4.71. The zero-order chi connectivity index (χ0) is 19.1. The van der Waals surface area contributed by atoms with Crippen molar-refractivity contribution in [3.8, 4) is 0 Å². The van der Waals surface area contributed by atoms with Gasteiger partial charge in [0.1, 0.15) is 5.78 Å². The smallest absolute Gasteiger partial charge is 0.144 e. The van der Waals surface area contributed by atoms with Crippen LogP contribution in [0.4, 0.5) is 0 Å². The molecule has 0 radical (unpaired) electrons. The van der Waals surface area contributed by atoms with Crippen LogP contribution in [0.3, 0.4) is 0 Å². The Bertz CT molecular complexity index is 1070. The number of ether oxygens (including phenoxy) is 1. The van der Waals surface area contributed by atoms with Crippen LogP contribution >= 0.6 is 0 Å². The molecule has 0 heterocycles. The number of rotatable bonds is 4. The summed E-state index contributed by atoms with van der Waals surface area (Å²) >= 11 is 0. The van der Waals surface area contributed by atoms with Gasteiger partial charge in [0.05, 0.1) is 5.95 Å². The second-order valence-corrected chi connectivity index (χ2v) is 8.57. The molecular formula is C23H25O3-. The summed E-state index contributed by atoms with van der Waals surface area (Å²) in [5.41, 5.74) is -0.164. The van der Waals surface area contributed by atoms with E-state index in [4.69, 9.17) is 4.74 Å². The Labute approximate surface area is 153 Å². The summed E-state index contributed by atoms with van der Waals surface area (Å²) in [6, 6.07) is 13.8. The van der Waals surface area contributed by atoms with Gasteiger partial charge in [-0.15, -0.1) is 0 Å². The number of hydrogen-bond donors (Lipinski definition) is 0. The predicted octanol–water partition coefficient (Wildman–Crippen LogP) is 2.20. The quantitative estimate of drug-likeness (QED) is 0.726. The third-order valence-electron chi connectivity index (χ3n) is 4.71. The van der Waals surface area contributed by atoms with Gasteiger partial charge in [-0.1, -0.05) is 71.0 Å². The molecule has 1 aliphatic rings. The second-order valence-electron chi connectivity index (χ2n) is 8.57. The van der Waals surface area contributed by atoms with Crippen LogP contribution in [-0.4, -0.2) is 12.4 Å². The lowest BCUT2D eigenvalue weighted by atomic mass is 9.75. The standard InChI is InChI=1S/C23H26O3/c1-22(2,3)21(25)23(4,5)14-26-20(24)16-10-11-19-17(13-16)12-15-8-6-7-9-18(15)19/h6-13,24H,14H2,1-5H3/p-1. The first-order chi connectivity index (χ1) is 12.1.